The van der Waals surface area contributed by atoms with Crippen molar-refractivity contribution >= 4 is 29.8 Å². The highest BCUT2D eigenvalue weighted by atomic mass is 16.6. The molecule has 4 atom stereocenters. The number of amides is 4. The predicted octanol–water partition coefficient (Wildman–Crippen LogP) is -0.0919. The summed E-state index contributed by atoms with van der Waals surface area (Å²) in [6, 6.07) is -1.07. The Balaban J connectivity index is 1.78. The molecule has 4 N–H and O–H groups in total. The van der Waals surface area contributed by atoms with Crippen LogP contribution in [0.3, 0.4) is 0 Å². The van der Waals surface area contributed by atoms with Gasteiger partial charge in [-0.3, -0.25) is 19.2 Å². The summed E-state index contributed by atoms with van der Waals surface area (Å²) in [7, 11) is 1.27. The third-order valence-corrected chi connectivity index (χ3v) is 5.72. The molecule has 0 spiro atoms. The number of carbonyl (C=O) groups excluding carboxylic acids is 5. The fourth-order valence-electron chi connectivity index (χ4n) is 4.00. The van der Waals surface area contributed by atoms with E-state index >= 15 is 0 Å². The number of ether oxygens (including phenoxy) is 4. The standard InChI is InChI=1S/C24H40N4O9/c1-24(2,3)37-23(33)28-16-8-6-14-36-20(16)22(32)25-11-9-17(29)27-15-7-5-13-35-19(15)21(31)26-12-10-18(30)34-4/h15-16,19-20H,5-14H2,1-4H3,(H,25,32)(H,26,31)(H,27,29)(H,28,33)/t15-,16-,19-,20-/m1/s1. The van der Waals surface area contributed by atoms with Crippen molar-refractivity contribution in [1.29, 1.82) is 0 Å². The number of nitrogens with one attached hydrogen (secondary N) is 4. The first-order valence-corrected chi connectivity index (χ1v) is 12.6. The van der Waals surface area contributed by atoms with E-state index in [1.165, 1.54) is 7.11 Å². The molecule has 0 aliphatic carbocycles. The van der Waals surface area contributed by atoms with Gasteiger partial charge in [0.05, 0.1) is 25.6 Å². The minimum atomic E-state index is -0.894. The van der Waals surface area contributed by atoms with Gasteiger partial charge in [0.25, 0.3) is 11.8 Å². The molecule has 0 unspecified atom stereocenters. The summed E-state index contributed by atoms with van der Waals surface area (Å²) in [6.45, 7) is 6.17. The van der Waals surface area contributed by atoms with E-state index in [0.29, 0.717) is 38.9 Å². The van der Waals surface area contributed by atoms with E-state index in [0.717, 1.165) is 0 Å². The average molecular weight is 529 g/mol. The summed E-state index contributed by atoms with van der Waals surface area (Å²) in [5.74, 6) is -1.64. The Bertz CT molecular complexity index is 815. The zero-order chi connectivity index (χ0) is 27.4. The van der Waals surface area contributed by atoms with E-state index in [1.807, 2.05) is 0 Å². The summed E-state index contributed by atoms with van der Waals surface area (Å²) in [4.78, 5) is 61.0. The van der Waals surface area contributed by atoms with Gasteiger partial charge in [0.2, 0.25) is 5.91 Å². The minimum absolute atomic E-state index is 0.0181. The Labute approximate surface area is 217 Å². The topological polar surface area (TPSA) is 170 Å². The predicted molar refractivity (Wildman–Crippen MR) is 130 cm³/mol. The van der Waals surface area contributed by atoms with Crippen molar-refractivity contribution in [2.24, 2.45) is 0 Å². The van der Waals surface area contributed by atoms with Gasteiger partial charge >= 0.3 is 12.1 Å². The van der Waals surface area contributed by atoms with Crippen LogP contribution in [-0.4, -0.2) is 93.1 Å². The normalized spacial score (nSPS) is 23.8. The van der Waals surface area contributed by atoms with Crippen LogP contribution in [0.15, 0.2) is 0 Å². The van der Waals surface area contributed by atoms with Crippen molar-refractivity contribution in [3.8, 4) is 0 Å². The van der Waals surface area contributed by atoms with Crippen LogP contribution in [0.4, 0.5) is 4.79 Å². The summed E-state index contributed by atoms with van der Waals surface area (Å²) in [6.07, 6.45) is 0.101. The average Bonchev–Trinajstić information content (AvgIpc) is 2.83. The van der Waals surface area contributed by atoms with Crippen molar-refractivity contribution in [2.45, 2.75) is 89.2 Å². The van der Waals surface area contributed by atoms with Crippen molar-refractivity contribution < 1.29 is 42.9 Å². The number of carbonyl (C=O) groups is 5. The van der Waals surface area contributed by atoms with Crippen LogP contribution < -0.4 is 21.3 Å². The van der Waals surface area contributed by atoms with Gasteiger partial charge in [-0.05, 0) is 46.5 Å². The van der Waals surface area contributed by atoms with Gasteiger partial charge in [0, 0.05) is 32.7 Å². The van der Waals surface area contributed by atoms with Crippen molar-refractivity contribution in [3.05, 3.63) is 0 Å². The monoisotopic (exact) mass is 528 g/mol. The molecule has 2 saturated heterocycles. The van der Waals surface area contributed by atoms with Gasteiger partial charge in [0.1, 0.15) is 5.60 Å². The van der Waals surface area contributed by atoms with E-state index in [1.54, 1.807) is 20.8 Å². The highest BCUT2D eigenvalue weighted by molar-refractivity contribution is 5.85. The maximum Gasteiger partial charge on any atom is 0.407 e. The lowest BCUT2D eigenvalue weighted by Crippen LogP contribution is -2.55. The van der Waals surface area contributed by atoms with Crippen LogP contribution in [0.25, 0.3) is 0 Å². The van der Waals surface area contributed by atoms with E-state index < -0.39 is 53.8 Å². The Morgan fingerprint density at radius 3 is 1.84 bits per heavy atom. The molecule has 2 aliphatic heterocycles. The fourth-order valence-corrected chi connectivity index (χ4v) is 4.00. The van der Waals surface area contributed by atoms with Gasteiger partial charge in [-0.25, -0.2) is 4.79 Å². The highest BCUT2D eigenvalue weighted by Gasteiger charge is 2.35. The van der Waals surface area contributed by atoms with Gasteiger partial charge in [-0.1, -0.05) is 0 Å². The molecule has 0 aromatic heterocycles. The molecule has 2 aliphatic rings. The number of esters is 1. The second-order valence-corrected chi connectivity index (χ2v) is 9.95. The molecular formula is C24H40N4O9. The molecule has 0 aromatic rings. The van der Waals surface area contributed by atoms with E-state index in [9.17, 15) is 24.0 Å². The SMILES string of the molecule is COC(=O)CCNC(=O)[C@@H]1OCCC[C@H]1NC(=O)CCNC(=O)[C@@H]1OCCC[C@H]1NC(=O)OC(C)(C)C. The van der Waals surface area contributed by atoms with E-state index in [-0.39, 0.29) is 31.8 Å². The number of methoxy groups -OCH3 is 1. The lowest BCUT2D eigenvalue weighted by Gasteiger charge is -2.32. The van der Waals surface area contributed by atoms with Gasteiger partial charge in [-0.2, -0.15) is 0 Å². The second kappa shape index (κ2) is 14.7. The van der Waals surface area contributed by atoms with Crippen LogP contribution >= 0.6 is 0 Å². The molecule has 210 valence electrons. The summed E-state index contributed by atoms with van der Waals surface area (Å²) >= 11 is 0. The molecule has 2 fully saturated rings. The van der Waals surface area contributed by atoms with Crippen LogP contribution in [0.2, 0.25) is 0 Å². The Morgan fingerprint density at radius 2 is 1.32 bits per heavy atom. The van der Waals surface area contributed by atoms with Gasteiger partial charge in [0.15, 0.2) is 12.2 Å². The van der Waals surface area contributed by atoms with Crippen molar-refractivity contribution in [1.82, 2.24) is 21.3 Å². The fraction of sp³-hybridized carbons (Fsp3) is 0.792. The molecule has 4 amide bonds. The van der Waals surface area contributed by atoms with Crippen LogP contribution in [0, 0.1) is 0 Å². The van der Waals surface area contributed by atoms with Crippen molar-refractivity contribution in [2.75, 3.05) is 33.4 Å². The quantitative estimate of drug-likeness (QED) is 0.283. The molecule has 0 aromatic carbocycles. The van der Waals surface area contributed by atoms with Crippen LogP contribution in [-0.2, 0) is 38.1 Å². The highest BCUT2D eigenvalue weighted by Crippen LogP contribution is 2.17. The molecule has 0 saturated carbocycles. The first-order valence-electron chi connectivity index (χ1n) is 12.6. The molecule has 0 radical (unpaired) electrons. The molecular weight excluding hydrogens is 488 g/mol. The lowest BCUT2D eigenvalue weighted by atomic mass is 10.0. The second-order valence-electron chi connectivity index (χ2n) is 9.95. The molecule has 13 nitrogen and oxygen atoms in total. The summed E-state index contributed by atoms with van der Waals surface area (Å²) in [5, 5.41) is 10.8. The van der Waals surface area contributed by atoms with Crippen LogP contribution in [0.1, 0.15) is 59.3 Å². The maximum absolute atomic E-state index is 12.7. The zero-order valence-corrected chi connectivity index (χ0v) is 22.1. The zero-order valence-electron chi connectivity index (χ0n) is 22.1. The maximum atomic E-state index is 12.7. The molecule has 37 heavy (non-hydrogen) atoms. The smallest absolute Gasteiger partial charge is 0.407 e. The molecule has 0 bridgehead atoms. The van der Waals surface area contributed by atoms with Crippen LogP contribution in [0.5, 0.6) is 0 Å². The number of hydrogen-bond acceptors (Lipinski definition) is 9. The third kappa shape index (κ3) is 10.9. The Morgan fingerprint density at radius 1 is 0.811 bits per heavy atom. The minimum Gasteiger partial charge on any atom is -0.469 e. The molecule has 2 heterocycles. The Kier molecular flexibility index (Phi) is 12.1. The number of alkyl carbamates (subject to hydrolysis) is 1. The summed E-state index contributed by atoms with van der Waals surface area (Å²) < 4.78 is 21.0. The molecule has 2 rings (SSSR count). The van der Waals surface area contributed by atoms with E-state index in [2.05, 4.69) is 26.0 Å². The molecule has 13 heteroatoms. The van der Waals surface area contributed by atoms with E-state index in [4.69, 9.17) is 14.2 Å². The lowest BCUT2D eigenvalue weighted by molar-refractivity contribution is -0.141. The largest absolute Gasteiger partial charge is 0.469 e. The first kappa shape index (κ1) is 30.3. The Hall–Kier alpha value is -2.93. The van der Waals surface area contributed by atoms with Gasteiger partial charge in [-0.15, -0.1) is 0 Å². The number of hydrogen-bond donors (Lipinski definition) is 4. The van der Waals surface area contributed by atoms with Gasteiger partial charge < -0.3 is 40.2 Å². The third-order valence-electron chi connectivity index (χ3n) is 5.72. The first-order chi connectivity index (χ1) is 17.5. The van der Waals surface area contributed by atoms with Crippen molar-refractivity contribution in [3.63, 3.8) is 0 Å². The number of rotatable bonds is 10. The summed E-state index contributed by atoms with van der Waals surface area (Å²) in [5.41, 5.74) is -0.670.